The third-order valence-electron chi connectivity index (χ3n) is 2.95. The Bertz CT molecular complexity index is 573. The van der Waals surface area contributed by atoms with Crippen LogP contribution in [0.1, 0.15) is 18.9 Å². The van der Waals surface area contributed by atoms with Crippen molar-refractivity contribution in [1.82, 2.24) is 10.3 Å². The zero-order valence-electron chi connectivity index (χ0n) is 12.2. The number of halogens is 1. The first-order chi connectivity index (χ1) is 10.2. The molecule has 0 bridgehead atoms. The lowest BCUT2D eigenvalue weighted by Gasteiger charge is -2.10. The molecule has 1 N–H and O–H groups in total. The molecule has 1 aromatic carbocycles. The van der Waals surface area contributed by atoms with E-state index in [0.29, 0.717) is 23.6 Å². The van der Waals surface area contributed by atoms with Gasteiger partial charge in [0.15, 0.2) is 5.82 Å². The lowest BCUT2D eigenvalue weighted by molar-refractivity contribution is 0.406. The van der Waals surface area contributed by atoms with Gasteiger partial charge in [0.1, 0.15) is 11.5 Å². The summed E-state index contributed by atoms with van der Waals surface area (Å²) in [5.41, 5.74) is 0.543. The zero-order valence-corrected chi connectivity index (χ0v) is 12.2. The minimum Gasteiger partial charge on any atom is -0.497 e. The normalized spacial score (nSPS) is 10.4. The summed E-state index contributed by atoms with van der Waals surface area (Å²) in [7, 11) is 1.59. The van der Waals surface area contributed by atoms with Gasteiger partial charge in [-0.15, -0.1) is 0 Å². The number of nitrogens with one attached hydrogen (secondary N) is 1. The molecule has 5 heteroatoms. The van der Waals surface area contributed by atoms with Crippen LogP contribution in [0.3, 0.4) is 0 Å². The minimum atomic E-state index is -0.433. The average Bonchev–Trinajstić information content (AvgIpc) is 2.52. The largest absolute Gasteiger partial charge is 0.497 e. The quantitative estimate of drug-likeness (QED) is 0.792. The van der Waals surface area contributed by atoms with Gasteiger partial charge in [-0.2, -0.15) is 0 Å². The molecule has 0 spiro atoms. The molecular weight excluding hydrogens is 271 g/mol. The second-order valence-corrected chi connectivity index (χ2v) is 4.54. The van der Waals surface area contributed by atoms with E-state index >= 15 is 0 Å². The number of benzene rings is 1. The Morgan fingerprint density at radius 1 is 1.14 bits per heavy atom. The fraction of sp³-hybridized carbons (Fsp3) is 0.312. The van der Waals surface area contributed by atoms with Gasteiger partial charge >= 0.3 is 0 Å². The third kappa shape index (κ3) is 4.16. The number of hydrogen-bond donors (Lipinski definition) is 1. The number of pyridine rings is 1. The molecule has 0 aliphatic rings. The smallest absolute Gasteiger partial charge is 0.256 e. The summed E-state index contributed by atoms with van der Waals surface area (Å²) in [6.07, 6.45) is 2.55. The van der Waals surface area contributed by atoms with Crippen LogP contribution in [0, 0.1) is 5.82 Å². The van der Waals surface area contributed by atoms with Crippen molar-refractivity contribution in [2.24, 2.45) is 0 Å². The topological polar surface area (TPSA) is 43.4 Å². The Morgan fingerprint density at radius 2 is 1.86 bits per heavy atom. The van der Waals surface area contributed by atoms with Crippen LogP contribution in [0.5, 0.6) is 17.4 Å². The molecule has 0 atom stereocenters. The number of rotatable bonds is 7. The van der Waals surface area contributed by atoms with E-state index in [2.05, 4.69) is 17.2 Å². The fourth-order valence-corrected chi connectivity index (χ4v) is 1.83. The summed E-state index contributed by atoms with van der Waals surface area (Å²) in [6, 6.07) is 8.57. The van der Waals surface area contributed by atoms with Crippen molar-refractivity contribution >= 4 is 0 Å². The van der Waals surface area contributed by atoms with Crippen molar-refractivity contribution in [2.45, 2.75) is 19.9 Å². The molecule has 0 fully saturated rings. The average molecular weight is 290 g/mol. The molecule has 0 aliphatic heterocycles. The van der Waals surface area contributed by atoms with Gasteiger partial charge in [-0.3, -0.25) is 0 Å². The highest BCUT2D eigenvalue weighted by atomic mass is 19.1. The van der Waals surface area contributed by atoms with E-state index in [4.69, 9.17) is 9.47 Å². The Labute approximate surface area is 123 Å². The first-order valence-corrected chi connectivity index (χ1v) is 6.90. The predicted molar refractivity (Wildman–Crippen MR) is 79.3 cm³/mol. The Hall–Kier alpha value is -2.14. The van der Waals surface area contributed by atoms with Crippen LogP contribution in [0.4, 0.5) is 4.39 Å². The van der Waals surface area contributed by atoms with E-state index in [-0.39, 0.29) is 5.88 Å². The highest BCUT2D eigenvalue weighted by Crippen LogP contribution is 2.25. The van der Waals surface area contributed by atoms with E-state index < -0.39 is 5.82 Å². The van der Waals surface area contributed by atoms with Gasteiger partial charge in [0.05, 0.1) is 7.11 Å². The van der Waals surface area contributed by atoms with Crippen molar-refractivity contribution in [3.63, 3.8) is 0 Å². The lowest BCUT2D eigenvalue weighted by Crippen LogP contribution is -2.15. The maximum Gasteiger partial charge on any atom is 0.256 e. The summed E-state index contributed by atoms with van der Waals surface area (Å²) in [5.74, 6) is 0.780. The number of hydrogen-bond acceptors (Lipinski definition) is 4. The molecule has 112 valence electrons. The van der Waals surface area contributed by atoms with Crippen LogP contribution in [0.2, 0.25) is 0 Å². The molecule has 0 saturated carbocycles. The van der Waals surface area contributed by atoms with Crippen LogP contribution in [0.25, 0.3) is 0 Å². The van der Waals surface area contributed by atoms with Gasteiger partial charge in [-0.1, -0.05) is 6.92 Å². The monoisotopic (exact) mass is 290 g/mol. The second-order valence-electron chi connectivity index (χ2n) is 4.54. The van der Waals surface area contributed by atoms with Crippen molar-refractivity contribution < 1.29 is 13.9 Å². The van der Waals surface area contributed by atoms with Gasteiger partial charge < -0.3 is 14.8 Å². The van der Waals surface area contributed by atoms with E-state index in [0.717, 1.165) is 13.0 Å². The van der Waals surface area contributed by atoms with Crippen LogP contribution >= 0.6 is 0 Å². The molecule has 0 radical (unpaired) electrons. The van der Waals surface area contributed by atoms with Gasteiger partial charge in [0.25, 0.3) is 5.88 Å². The van der Waals surface area contributed by atoms with Crippen LogP contribution < -0.4 is 14.8 Å². The minimum absolute atomic E-state index is 0.0176. The van der Waals surface area contributed by atoms with Crippen molar-refractivity contribution in [2.75, 3.05) is 13.7 Å². The molecule has 21 heavy (non-hydrogen) atoms. The van der Waals surface area contributed by atoms with Gasteiger partial charge in [-0.05, 0) is 43.3 Å². The number of aromatic nitrogens is 1. The first-order valence-electron chi connectivity index (χ1n) is 6.90. The van der Waals surface area contributed by atoms with Crippen LogP contribution in [-0.4, -0.2) is 18.6 Å². The van der Waals surface area contributed by atoms with Gasteiger partial charge in [0, 0.05) is 18.3 Å². The number of methoxy groups -OCH3 is 1. The molecule has 4 nitrogen and oxygen atoms in total. The summed E-state index contributed by atoms with van der Waals surface area (Å²) >= 11 is 0. The second kappa shape index (κ2) is 7.59. The molecule has 0 saturated heterocycles. The van der Waals surface area contributed by atoms with E-state index in [1.807, 2.05) is 0 Å². The molecule has 0 aliphatic carbocycles. The zero-order chi connectivity index (χ0) is 15.1. The number of nitrogens with zero attached hydrogens (tertiary/aromatic N) is 1. The van der Waals surface area contributed by atoms with Crippen molar-refractivity contribution in [1.29, 1.82) is 0 Å². The molecular formula is C16H19FN2O2. The molecule has 2 rings (SSSR count). The third-order valence-corrected chi connectivity index (χ3v) is 2.95. The fourth-order valence-electron chi connectivity index (χ4n) is 1.83. The van der Waals surface area contributed by atoms with Crippen LogP contribution in [0.15, 0.2) is 36.5 Å². The lowest BCUT2D eigenvalue weighted by atomic mass is 10.2. The summed E-state index contributed by atoms with van der Waals surface area (Å²) in [5, 5.41) is 3.16. The van der Waals surface area contributed by atoms with Gasteiger partial charge in [0.2, 0.25) is 0 Å². The SMILES string of the molecule is CCCNCc1ccnc(Oc2ccc(OC)cc2)c1F. The predicted octanol–water partition coefficient (Wildman–Crippen LogP) is 3.52. The molecule has 1 aromatic heterocycles. The van der Waals surface area contributed by atoms with Crippen molar-refractivity contribution in [3.8, 4) is 17.4 Å². The summed E-state index contributed by atoms with van der Waals surface area (Å²) < 4.78 is 24.8. The molecule has 1 heterocycles. The summed E-state index contributed by atoms with van der Waals surface area (Å²) in [4.78, 5) is 3.95. The number of ether oxygens (including phenoxy) is 2. The first kappa shape index (κ1) is 15.3. The highest BCUT2D eigenvalue weighted by molar-refractivity contribution is 5.34. The Morgan fingerprint density at radius 3 is 2.52 bits per heavy atom. The maximum atomic E-state index is 14.3. The molecule has 2 aromatic rings. The van der Waals surface area contributed by atoms with Gasteiger partial charge in [-0.25, -0.2) is 9.37 Å². The Balaban J connectivity index is 2.10. The molecule has 0 amide bonds. The van der Waals surface area contributed by atoms with Crippen molar-refractivity contribution in [3.05, 3.63) is 47.9 Å². The van der Waals surface area contributed by atoms with E-state index in [1.165, 1.54) is 0 Å². The molecule has 0 unspecified atom stereocenters. The summed E-state index contributed by atoms with van der Waals surface area (Å²) in [6.45, 7) is 3.37. The maximum absolute atomic E-state index is 14.3. The standard InChI is InChI=1S/C16H19FN2O2/c1-3-9-18-11-12-8-10-19-16(15(12)17)21-14-6-4-13(20-2)5-7-14/h4-8,10,18H,3,9,11H2,1-2H3. The Kier molecular flexibility index (Phi) is 5.51. The highest BCUT2D eigenvalue weighted by Gasteiger charge is 2.11. The van der Waals surface area contributed by atoms with Crippen LogP contribution in [-0.2, 0) is 6.54 Å². The van der Waals surface area contributed by atoms with E-state index in [9.17, 15) is 4.39 Å². The van der Waals surface area contributed by atoms with E-state index in [1.54, 1.807) is 43.6 Å².